The summed E-state index contributed by atoms with van der Waals surface area (Å²) in [6.07, 6.45) is 0. The summed E-state index contributed by atoms with van der Waals surface area (Å²) >= 11 is 3.75. The Morgan fingerprint density at radius 1 is 1.37 bits per heavy atom. The van der Waals surface area contributed by atoms with Crippen LogP contribution in [0.5, 0.6) is 0 Å². The normalized spacial score (nSPS) is 11.4. The molecule has 0 unspecified atom stereocenters. The molecule has 0 radical (unpaired) electrons. The molecule has 0 bridgehead atoms. The summed E-state index contributed by atoms with van der Waals surface area (Å²) < 4.78 is 1.03. The van der Waals surface area contributed by atoms with Crippen LogP contribution in [-0.2, 0) is 4.84 Å². The van der Waals surface area contributed by atoms with Crippen molar-refractivity contribution in [2.45, 2.75) is 13.8 Å². The first-order valence-corrected chi connectivity index (χ1v) is 7.60. The van der Waals surface area contributed by atoms with Crippen LogP contribution in [0.3, 0.4) is 0 Å². The molecule has 0 fully saturated rings. The third-order valence-electron chi connectivity index (χ3n) is 2.55. The Morgan fingerprint density at radius 2 is 2.16 bits per heavy atom. The monoisotopic (exact) mass is 385 g/mol. The topological polar surface area (TPSA) is 38.7 Å². The summed E-state index contributed by atoms with van der Waals surface area (Å²) in [6.45, 7) is 3.81. The third kappa shape index (κ3) is 3.63. The number of halogens is 1. The highest BCUT2D eigenvalue weighted by molar-refractivity contribution is 14.1. The summed E-state index contributed by atoms with van der Waals surface area (Å²) in [5.41, 5.74) is 2.35. The van der Waals surface area contributed by atoms with Crippen LogP contribution in [0.25, 0.3) is 0 Å². The molecule has 0 amide bonds. The Bertz CT molecular complexity index is 620. The fourth-order valence-corrected chi connectivity index (χ4v) is 2.60. The molecule has 98 valence electrons. The summed E-state index contributed by atoms with van der Waals surface area (Å²) in [5, 5.41) is 5.83. The quantitative estimate of drug-likeness (QED) is 0.343. The van der Waals surface area contributed by atoms with Crippen LogP contribution in [0.15, 0.2) is 40.9 Å². The van der Waals surface area contributed by atoms with Gasteiger partial charge in [-0.25, -0.2) is 4.79 Å². The maximum Gasteiger partial charge on any atom is 0.365 e. The van der Waals surface area contributed by atoms with Crippen molar-refractivity contribution in [1.82, 2.24) is 0 Å². The predicted octanol–water partition coefficient (Wildman–Crippen LogP) is 4.24. The van der Waals surface area contributed by atoms with E-state index in [0.717, 1.165) is 14.0 Å². The summed E-state index contributed by atoms with van der Waals surface area (Å²) in [5.74, 6) is -0.436. The van der Waals surface area contributed by atoms with E-state index in [1.54, 1.807) is 23.5 Å². The zero-order chi connectivity index (χ0) is 13.8. The van der Waals surface area contributed by atoms with Gasteiger partial charge in [-0.15, -0.1) is 11.3 Å². The third-order valence-corrected chi connectivity index (χ3v) is 4.69. The molecule has 0 aliphatic rings. The molecule has 0 saturated carbocycles. The van der Waals surface area contributed by atoms with Crippen molar-refractivity contribution in [1.29, 1.82) is 0 Å². The van der Waals surface area contributed by atoms with Gasteiger partial charge in [0.05, 0.1) is 16.2 Å². The molecule has 0 aliphatic heterocycles. The van der Waals surface area contributed by atoms with Crippen LogP contribution in [0.4, 0.5) is 0 Å². The average molecular weight is 385 g/mol. The Labute approximate surface area is 129 Å². The van der Waals surface area contributed by atoms with Crippen LogP contribution in [-0.4, -0.2) is 11.7 Å². The van der Waals surface area contributed by atoms with Crippen molar-refractivity contribution < 1.29 is 9.63 Å². The number of hydrogen-bond acceptors (Lipinski definition) is 4. The van der Waals surface area contributed by atoms with E-state index in [-0.39, 0.29) is 0 Å². The first-order chi connectivity index (χ1) is 9.08. The number of rotatable bonds is 3. The molecule has 0 saturated heterocycles. The van der Waals surface area contributed by atoms with Gasteiger partial charge in [0.15, 0.2) is 0 Å². The lowest BCUT2D eigenvalue weighted by Crippen LogP contribution is -2.04. The second-order valence-electron chi connectivity index (χ2n) is 4.00. The van der Waals surface area contributed by atoms with Gasteiger partial charge in [0.25, 0.3) is 0 Å². The largest absolute Gasteiger partial charge is 0.365 e. The molecular formula is C14H12INO2S. The van der Waals surface area contributed by atoms with E-state index >= 15 is 0 Å². The van der Waals surface area contributed by atoms with Gasteiger partial charge in [-0.1, -0.05) is 17.3 Å². The van der Waals surface area contributed by atoms with Gasteiger partial charge < -0.3 is 4.84 Å². The Kier molecular flexibility index (Phi) is 4.71. The molecule has 3 nitrogen and oxygen atoms in total. The minimum Gasteiger partial charge on any atom is -0.313 e. The van der Waals surface area contributed by atoms with Gasteiger partial charge in [-0.3, -0.25) is 0 Å². The van der Waals surface area contributed by atoms with Gasteiger partial charge in [0.2, 0.25) is 0 Å². The molecule has 1 aromatic heterocycles. The maximum absolute atomic E-state index is 11.9. The lowest BCUT2D eigenvalue weighted by molar-refractivity contribution is 0.0516. The van der Waals surface area contributed by atoms with Crippen LogP contribution in [0, 0.1) is 10.5 Å². The SMILES string of the molecule is CC(=NOC(=O)c1ccc(C)c(I)c1)c1cccs1. The molecule has 0 spiro atoms. The Balaban J connectivity index is 2.09. The number of aryl methyl sites for hydroxylation is 1. The highest BCUT2D eigenvalue weighted by Crippen LogP contribution is 2.15. The second-order valence-corrected chi connectivity index (χ2v) is 6.11. The number of thiophene rings is 1. The van der Waals surface area contributed by atoms with Crippen LogP contribution in [0.2, 0.25) is 0 Å². The van der Waals surface area contributed by atoms with E-state index in [2.05, 4.69) is 27.7 Å². The van der Waals surface area contributed by atoms with Gasteiger partial charge >= 0.3 is 5.97 Å². The van der Waals surface area contributed by atoms with Crippen molar-refractivity contribution in [3.05, 3.63) is 55.3 Å². The molecule has 1 aromatic carbocycles. The number of hydrogen-bond donors (Lipinski definition) is 0. The van der Waals surface area contributed by atoms with E-state index in [1.807, 2.05) is 37.4 Å². The molecule has 1 heterocycles. The summed E-state index contributed by atoms with van der Waals surface area (Å²) in [6, 6.07) is 9.31. The number of oxime groups is 1. The lowest BCUT2D eigenvalue weighted by Gasteiger charge is -2.02. The van der Waals surface area contributed by atoms with Gasteiger partial charge in [0.1, 0.15) is 0 Å². The number of carbonyl (C=O) groups is 1. The molecule has 2 rings (SSSR count). The minimum absolute atomic E-state index is 0.436. The fraction of sp³-hybridized carbons (Fsp3) is 0.143. The molecular weight excluding hydrogens is 373 g/mol. The molecule has 5 heteroatoms. The highest BCUT2D eigenvalue weighted by Gasteiger charge is 2.09. The standard InChI is InChI=1S/C14H12INO2S/c1-9-5-6-11(8-12(9)15)14(17)18-16-10(2)13-4-3-7-19-13/h3-8H,1-2H3. The van der Waals surface area contributed by atoms with Crippen molar-refractivity contribution >= 4 is 45.6 Å². The number of benzene rings is 1. The molecule has 0 N–H and O–H groups in total. The van der Waals surface area contributed by atoms with Crippen LogP contribution >= 0.6 is 33.9 Å². The van der Waals surface area contributed by atoms with Crippen LogP contribution in [0.1, 0.15) is 27.7 Å². The summed E-state index contributed by atoms with van der Waals surface area (Å²) in [7, 11) is 0. The Morgan fingerprint density at radius 3 is 2.79 bits per heavy atom. The smallest absolute Gasteiger partial charge is 0.313 e. The van der Waals surface area contributed by atoms with Crippen molar-refractivity contribution in [2.24, 2.45) is 5.16 Å². The molecule has 2 aromatic rings. The van der Waals surface area contributed by atoms with Gasteiger partial charge in [0, 0.05) is 3.57 Å². The lowest BCUT2D eigenvalue weighted by atomic mass is 10.2. The van der Waals surface area contributed by atoms with Gasteiger partial charge in [-0.05, 0) is 65.6 Å². The average Bonchev–Trinajstić information content (AvgIpc) is 2.92. The number of carbonyl (C=O) groups excluding carboxylic acids is 1. The van der Waals surface area contributed by atoms with E-state index in [1.165, 1.54) is 0 Å². The summed E-state index contributed by atoms with van der Waals surface area (Å²) in [4.78, 5) is 17.8. The zero-order valence-corrected chi connectivity index (χ0v) is 13.5. The molecule has 19 heavy (non-hydrogen) atoms. The second kappa shape index (κ2) is 6.29. The highest BCUT2D eigenvalue weighted by atomic mass is 127. The predicted molar refractivity (Wildman–Crippen MR) is 85.8 cm³/mol. The fourth-order valence-electron chi connectivity index (χ4n) is 1.41. The minimum atomic E-state index is -0.436. The van der Waals surface area contributed by atoms with E-state index in [9.17, 15) is 4.79 Å². The van der Waals surface area contributed by atoms with Crippen molar-refractivity contribution in [2.75, 3.05) is 0 Å². The van der Waals surface area contributed by atoms with Crippen molar-refractivity contribution in [3.63, 3.8) is 0 Å². The molecule has 0 aliphatic carbocycles. The van der Waals surface area contributed by atoms with Crippen LogP contribution < -0.4 is 0 Å². The van der Waals surface area contributed by atoms with E-state index in [0.29, 0.717) is 11.3 Å². The molecule has 0 atom stereocenters. The first kappa shape index (κ1) is 14.2. The van der Waals surface area contributed by atoms with Crippen molar-refractivity contribution in [3.8, 4) is 0 Å². The van der Waals surface area contributed by atoms with E-state index in [4.69, 9.17) is 4.84 Å². The zero-order valence-electron chi connectivity index (χ0n) is 10.5. The number of nitrogens with zero attached hydrogens (tertiary/aromatic N) is 1. The first-order valence-electron chi connectivity index (χ1n) is 5.64. The Hall–Kier alpha value is -1.21. The maximum atomic E-state index is 11.9. The van der Waals surface area contributed by atoms with E-state index < -0.39 is 5.97 Å². The van der Waals surface area contributed by atoms with Gasteiger partial charge in [-0.2, -0.15) is 0 Å².